The van der Waals surface area contributed by atoms with Gasteiger partial charge in [-0.25, -0.2) is 0 Å². The molecular weight excluding hydrogens is 643 g/mol. The predicted octanol–water partition coefficient (Wildman–Crippen LogP) is 12.3. The number of aryl methyl sites for hydroxylation is 1. The van der Waals surface area contributed by atoms with Gasteiger partial charge in [0.1, 0.15) is 0 Å². The maximum atomic E-state index is 8.65. The Hall–Kier alpha value is -6.45. The van der Waals surface area contributed by atoms with E-state index in [4.69, 9.17) is 5.41 Å². The maximum Gasteiger partial charge on any atom is 0.0717 e. The minimum Gasteiger partial charge on any atom is -0.310 e. The topological polar surface area (TPSA) is 32.0 Å². The van der Waals surface area contributed by atoms with E-state index < -0.39 is 5.41 Å². The third-order valence-electron chi connectivity index (χ3n) is 12.2. The number of para-hydroxylation sites is 5. The van der Waals surface area contributed by atoms with Crippen LogP contribution in [0, 0.1) is 5.41 Å². The van der Waals surface area contributed by atoms with Crippen molar-refractivity contribution in [2.75, 3.05) is 4.90 Å². The molecule has 2 heterocycles. The number of hydrogen-bond acceptors (Lipinski definition) is 2. The summed E-state index contributed by atoms with van der Waals surface area (Å²) >= 11 is 0. The van der Waals surface area contributed by atoms with Crippen molar-refractivity contribution in [3.8, 4) is 5.69 Å². The molecule has 53 heavy (non-hydrogen) atoms. The van der Waals surface area contributed by atoms with Crippen molar-refractivity contribution in [1.29, 1.82) is 5.41 Å². The molecule has 3 aliphatic carbocycles. The minimum atomic E-state index is -0.460. The normalized spacial score (nSPS) is 16.3. The van der Waals surface area contributed by atoms with Crippen LogP contribution in [0.15, 0.2) is 174 Å². The van der Waals surface area contributed by atoms with E-state index in [9.17, 15) is 0 Å². The van der Waals surface area contributed by atoms with Gasteiger partial charge in [-0.05, 0) is 124 Å². The number of anilines is 3. The second-order valence-electron chi connectivity index (χ2n) is 14.7. The Morgan fingerprint density at radius 3 is 1.87 bits per heavy atom. The molecule has 0 atom stereocenters. The summed E-state index contributed by atoms with van der Waals surface area (Å²) in [6.07, 6.45) is 10.5. The molecule has 0 bridgehead atoms. The molecular formula is C50H37N3. The Bertz CT molecular complexity index is 2690. The summed E-state index contributed by atoms with van der Waals surface area (Å²) in [5.74, 6) is 0. The molecule has 0 saturated carbocycles. The van der Waals surface area contributed by atoms with Gasteiger partial charge in [-0.3, -0.25) is 0 Å². The highest BCUT2D eigenvalue weighted by molar-refractivity contribution is 6.02. The number of nitrogens with zero attached hydrogens (tertiary/aromatic N) is 2. The van der Waals surface area contributed by atoms with E-state index in [0.29, 0.717) is 0 Å². The molecule has 6 aromatic carbocycles. The quantitative estimate of drug-likeness (QED) is 0.185. The van der Waals surface area contributed by atoms with Gasteiger partial charge in [0.2, 0.25) is 0 Å². The molecule has 7 aromatic rings. The lowest BCUT2D eigenvalue weighted by Gasteiger charge is -2.46. The summed E-state index contributed by atoms with van der Waals surface area (Å²) in [6, 6.07) is 55.1. The molecule has 0 fully saturated rings. The molecule has 4 aliphatic rings. The van der Waals surface area contributed by atoms with Crippen LogP contribution in [0.5, 0.6) is 0 Å². The number of benzene rings is 6. The average Bonchev–Trinajstić information content (AvgIpc) is 3.72. The number of nitrogens with one attached hydrogen (secondary N) is 1. The molecule has 252 valence electrons. The Kier molecular flexibility index (Phi) is 6.57. The molecule has 1 aliphatic heterocycles. The number of aromatic nitrogens is 1. The van der Waals surface area contributed by atoms with Crippen LogP contribution >= 0.6 is 0 Å². The van der Waals surface area contributed by atoms with E-state index in [1.54, 1.807) is 6.21 Å². The Morgan fingerprint density at radius 1 is 0.528 bits per heavy atom. The minimum absolute atomic E-state index is 0.460. The molecule has 1 N–H and O–H groups in total. The van der Waals surface area contributed by atoms with Gasteiger partial charge in [-0.15, -0.1) is 0 Å². The summed E-state index contributed by atoms with van der Waals surface area (Å²) in [6.45, 7) is 0. The third-order valence-corrected chi connectivity index (χ3v) is 12.2. The summed E-state index contributed by atoms with van der Waals surface area (Å²) in [5.41, 5.74) is 20.0. The first-order valence-corrected chi connectivity index (χ1v) is 18.8. The lowest BCUT2D eigenvalue weighted by Crippen LogP contribution is -2.37. The maximum absolute atomic E-state index is 8.65. The van der Waals surface area contributed by atoms with Crippen molar-refractivity contribution in [3.63, 3.8) is 0 Å². The zero-order chi connectivity index (χ0) is 35.1. The van der Waals surface area contributed by atoms with Gasteiger partial charge >= 0.3 is 0 Å². The molecule has 0 unspecified atom stereocenters. The second kappa shape index (κ2) is 11.5. The first-order valence-electron chi connectivity index (χ1n) is 18.8. The standard InChI is InChI=1S/C50H37N3/c51-32-35-14-13-22-44-49(35)40-30-33(34-26-28-39-38-19-7-10-23-45(38)52(48(39)31-34)36-15-3-1-4-16-36)27-29-41(40)50(44)42-20-8-11-24-46(42)53(37-17-5-2-6-18-37)47-25-12-9-21-43(47)50/h1-25,30-32,51H,26-29H2. The zero-order valence-electron chi connectivity index (χ0n) is 29.4. The van der Waals surface area contributed by atoms with E-state index in [2.05, 4.69) is 173 Å². The number of fused-ring (bicyclic) bond motifs is 11. The van der Waals surface area contributed by atoms with E-state index >= 15 is 0 Å². The average molecular weight is 680 g/mol. The number of allylic oxidation sites excluding steroid dienone is 5. The van der Waals surface area contributed by atoms with Crippen molar-refractivity contribution in [2.45, 2.75) is 31.1 Å². The molecule has 0 saturated heterocycles. The molecule has 11 rings (SSSR count). The Balaban J connectivity index is 1.15. The first-order chi connectivity index (χ1) is 26.3. The summed E-state index contributed by atoms with van der Waals surface area (Å²) < 4.78 is 2.46. The van der Waals surface area contributed by atoms with Crippen LogP contribution in [0.1, 0.15) is 58.3 Å². The van der Waals surface area contributed by atoms with Crippen LogP contribution < -0.4 is 4.90 Å². The number of hydrogen-bond donors (Lipinski definition) is 1. The van der Waals surface area contributed by atoms with Crippen LogP contribution in [-0.4, -0.2) is 10.8 Å². The van der Waals surface area contributed by atoms with Crippen molar-refractivity contribution >= 4 is 45.8 Å². The fourth-order valence-electron chi connectivity index (χ4n) is 10.1. The monoisotopic (exact) mass is 679 g/mol. The van der Waals surface area contributed by atoms with Crippen molar-refractivity contribution < 1.29 is 0 Å². The Labute approximate surface area is 310 Å². The SMILES string of the molecule is N=Cc1cccc2c1C1=C(CCC(C3=Cc4c(c5ccccc5n4-c4ccccc4)CC3)=C1)C21c2ccccc2N(c2ccccc2)c2ccccc21. The van der Waals surface area contributed by atoms with Gasteiger partial charge in [-0.1, -0.05) is 115 Å². The van der Waals surface area contributed by atoms with E-state index in [1.165, 1.54) is 83.8 Å². The van der Waals surface area contributed by atoms with Crippen LogP contribution in [0.3, 0.4) is 0 Å². The summed E-state index contributed by atoms with van der Waals surface area (Å²) in [5, 5.41) is 10.0. The lowest BCUT2D eigenvalue weighted by atomic mass is 9.62. The van der Waals surface area contributed by atoms with Gasteiger partial charge in [0.15, 0.2) is 0 Å². The molecule has 0 amide bonds. The van der Waals surface area contributed by atoms with E-state index in [0.717, 1.165) is 36.9 Å². The predicted molar refractivity (Wildman–Crippen MR) is 219 cm³/mol. The zero-order valence-corrected chi connectivity index (χ0v) is 29.4. The van der Waals surface area contributed by atoms with E-state index in [-0.39, 0.29) is 0 Å². The van der Waals surface area contributed by atoms with Gasteiger partial charge in [0.05, 0.1) is 28.0 Å². The highest BCUT2D eigenvalue weighted by Gasteiger charge is 2.53. The van der Waals surface area contributed by atoms with E-state index in [1.807, 2.05) is 0 Å². The third kappa shape index (κ3) is 4.13. The van der Waals surface area contributed by atoms with Crippen LogP contribution in [0.4, 0.5) is 17.1 Å². The van der Waals surface area contributed by atoms with Crippen LogP contribution in [0.2, 0.25) is 0 Å². The highest BCUT2D eigenvalue weighted by Crippen LogP contribution is 2.65. The molecule has 1 spiro atoms. The second-order valence-corrected chi connectivity index (χ2v) is 14.7. The summed E-state index contributed by atoms with van der Waals surface area (Å²) in [7, 11) is 0. The summed E-state index contributed by atoms with van der Waals surface area (Å²) in [4.78, 5) is 2.44. The molecule has 3 nitrogen and oxygen atoms in total. The highest BCUT2D eigenvalue weighted by atomic mass is 15.2. The molecule has 0 radical (unpaired) electrons. The van der Waals surface area contributed by atoms with Crippen LogP contribution in [0.25, 0.3) is 28.2 Å². The van der Waals surface area contributed by atoms with Gasteiger partial charge in [-0.2, -0.15) is 0 Å². The fraction of sp³-hybridized carbons (Fsp3) is 0.100. The largest absolute Gasteiger partial charge is 0.310 e. The van der Waals surface area contributed by atoms with Gasteiger partial charge < -0.3 is 14.9 Å². The molecule has 1 aromatic heterocycles. The number of rotatable bonds is 4. The Morgan fingerprint density at radius 2 is 1.13 bits per heavy atom. The lowest BCUT2D eigenvalue weighted by molar-refractivity contribution is 0.680. The van der Waals surface area contributed by atoms with Crippen molar-refractivity contribution in [1.82, 2.24) is 4.57 Å². The van der Waals surface area contributed by atoms with Crippen LogP contribution in [-0.2, 0) is 11.8 Å². The molecule has 3 heteroatoms. The van der Waals surface area contributed by atoms with Crippen molar-refractivity contribution in [3.05, 3.63) is 214 Å². The first kappa shape index (κ1) is 30.2. The van der Waals surface area contributed by atoms with Gasteiger partial charge in [0, 0.05) is 28.5 Å². The smallest absolute Gasteiger partial charge is 0.0717 e. The van der Waals surface area contributed by atoms with Crippen molar-refractivity contribution in [2.24, 2.45) is 0 Å². The fourth-order valence-corrected chi connectivity index (χ4v) is 10.1. The van der Waals surface area contributed by atoms with Gasteiger partial charge in [0.25, 0.3) is 0 Å².